The molecule has 136 valence electrons. The summed E-state index contributed by atoms with van der Waals surface area (Å²) < 4.78 is 23.6. The number of ether oxygens (including phenoxy) is 2. The average Bonchev–Trinajstić information content (AvgIpc) is 2.65. The van der Waals surface area contributed by atoms with Crippen LogP contribution in [0, 0.1) is 15.9 Å². The molecule has 0 N–H and O–H groups in total. The van der Waals surface area contributed by atoms with E-state index in [1.54, 1.807) is 0 Å². The quantitative estimate of drug-likeness (QED) is 0.424. The molecule has 2 aromatic carbocycles. The van der Waals surface area contributed by atoms with E-state index in [2.05, 4.69) is 0 Å². The van der Waals surface area contributed by atoms with E-state index < -0.39 is 29.3 Å². The number of carbonyl (C=O) groups is 2. The van der Waals surface area contributed by atoms with E-state index in [0.29, 0.717) is 18.6 Å². The van der Waals surface area contributed by atoms with Gasteiger partial charge in [-0.1, -0.05) is 6.92 Å². The summed E-state index contributed by atoms with van der Waals surface area (Å²) in [4.78, 5) is 33.7. The minimum atomic E-state index is -0.746. The van der Waals surface area contributed by atoms with Gasteiger partial charge in [0.05, 0.1) is 22.7 Å². The zero-order valence-electron chi connectivity index (χ0n) is 13.9. The van der Waals surface area contributed by atoms with Crippen molar-refractivity contribution < 1.29 is 28.4 Å². The second-order valence-electron chi connectivity index (χ2n) is 5.32. The van der Waals surface area contributed by atoms with Crippen LogP contribution in [0.1, 0.15) is 39.6 Å². The summed E-state index contributed by atoms with van der Waals surface area (Å²) in [7, 11) is 0. The van der Waals surface area contributed by atoms with Gasteiger partial charge >= 0.3 is 11.9 Å². The average molecular weight is 361 g/mol. The maximum absolute atomic E-state index is 13.7. The van der Waals surface area contributed by atoms with Gasteiger partial charge in [0.15, 0.2) is 0 Å². The normalized spacial score (nSPS) is 10.2. The van der Waals surface area contributed by atoms with Gasteiger partial charge in [-0.25, -0.2) is 14.0 Å². The van der Waals surface area contributed by atoms with Crippen molar-refractivity contribution in [3.8, 4) is 0 Å². The van der Waals surface area contributed by atoms with Crippen molar-refractivity contribution in [3.63, 3.8) is 0 Å². The number of nitrogens with zero attached hydrogens (tertiary/aromatic N) is 1. The molecule has 2 rings (SSSR count). The molecule has 0 aliphatic heterocycles. The molecule has 0 unspecified atom stereocenters. The third kappa shape index (κ3) is 4.85. The van der Waals surface area contributed by atoms with E-state index in [9.17, 15) is 24.1 Å². The molecule has 0 aliphatic rings. The van der Waals surface area contributed by atoms with Gasteiger partial charge < -0.3 is 9.47 Å². The van der Waals surface area contributed by atoms with Crippen molar-refractivity contribution in [1.82, 2.24) is 0 Å². The van der Waals surface area contributed by atoms with Gasteiger partial charge in [0.2, 0.25) is 0 Å². The smallest absolute Gasteiger partial charge is 0.338 e. The standard InChI is InChI=1S/C18H16FNO6/c1-2-9-25-17(21)12-3-5-13(6-4-12)18(22)26-11-14-10-15(20(23)24)7-8-16(14)19/h3-8,10H,2,9,11H2,1H3. The molecule has 26 heavy (non-hydrogen) atoms. The lowest BCUT2D eigenvalue weighted by Gasteiger charge is -2.07. The van der Waals surface area contributed by atoms with Gasteiger partial charge in [-0.05, 0) is 36.8 Å². The Morgan fingerprint density at radius 2 is 1.62 bits per heavy atom. The van der Waals surface area contributed by atoms with Gasteiger partial charge in [-0.3, -0.25) is 10.1 Å². The summed E-state index contributed by atoms with van der Waals surface area (Å²) in [6.07, 6.45) is 0.699. The summed E-state index contributed by atoms with van der Waals surface area (Å²) in [6.45, 7) is 1.72. The highest BCUT2D eigenvalue weighted by atomic mass is 19.1. The first-order valence-electron chi connectivity index (χ1n) is 7.79. The minimum Gasteiger partial charge on any atom is -0.462 e. The monoisotopic (exact) mass is 361 g/mol. The fourth-order valence-corrected chi connectivity index (χ4v) is 2.03. The second-order valence-corrected chi connectivity index (χ2v) is 5.32. The fourth-order valence-electron chi connectivity index (χ4n) is 2.03. The maximum atomic E-state index is 13.7. The summed E-state index contributed by atoms with van der Waals surface area (Å²) in [5.74, 6) is -1.95. The molecule has 8 heteroatoms. The van der Waals surface area contributed by atoms with Crippen LogP contribution < -0.4 is 0 Å². The van der Waals surface area contributed by atoms with Crippen LogP contribution in [0.15, 0.2) is 42.5 Å². The number of non-ortho nitro benzene ring substituents is 1. The predicted octanol–water partition coefficient (Wildman–Crippen LogP) is 3.66. The molecule has 7 nitrogen and oxygen atoms in total. The number of carbonyl (C=O) groups excluding carboxylic acids is 2. The van der Waals surface area contributed by atoms with Crippen LogP contribution >= 0.6 is 0 Å². The van der Waals surface area contributed by atoms with E-state index in [-0.39, 0.29) is 16.8 Å². The molecule has 0 fully saturated rings. The van der Waals surface area contributed by atoms with E-state index in [1.165, 1.54) is 24.3 Å². The summed E-state index contributed by atoms with van der Waals surface area (Å²) in [5.41, 5.74) is 0.0438. The fraction of sp³-hybridized carbons (Fsp3) is 0.222. The lowest BCUT2D eigenvalue weighted by atomic mass is 10.1. The largest absolute Gasteiger partial charge is 0.462 e. The number of hydrogen-bond acceptors (Lipinski definition) is 6. The van der Waals surface area contributed by atoms with Gasteiger partial charge in [0.1, 0.15) is 12.4 Å². The molecule has 0 radical (unpaired) electrons. The van der Waals surface area contributed by atoms with Crippen molar-refractivity contribution in [3.05, 3.63) is 75.1 Å². The highest BCUT2D eigenvalue weighted by Crippen LogP contribution is 2.18. The van der Waals surface area contributed by atoms with Gasteiger partial charge in [-0.2, -0.15) is 0 Å². The summed E-state index contributed by atoms with van der Waals surface area (Å²) >= 11 is 0. The Morgan fingerprint density at radius 3 is 2.15 bits per heavy atom. The molecule has 0 amide bonds. The van der Waals surface area contributed by atoms with Crippen LogP contribution in [0.25, 0.3) is 0 Å². The highest BCUT2D eigenvalue weighted by molar-refractivity contribution is 5.93. The van der Waals surface area contributed by atoms with Crippen molar-refractivity contribution in [2.24, 2.45) is 0 Å². The Kier molecular flexibility index (Phi) is 6.37. The zero-order chi connectivity index (χ0) is 19.1. The molecule has 0 aromatic heterocycles. The van der Waals surface area contributed by atoms with Crippen LogP contribution in [-0.2, 0) is 16.1 Å². The number of nitro groups is 1. The SMILES string of the molecule is CCCOC(=O)c1ccc(C(=O)OCc2cc([N+](=O)[O-])ccc2F)cc1. The maximum Gasteiger partial charge on any atom is 0.338 e. The third-order valence-electron chi connectivity index (χ3n) is 3.39. The molecule has 0 spiro atoms. The lowest BCUT2D eigenvalue weighted by molar-refractivity contribution is -0.385. The number of nitro benzene ring substituents is 1. The molecule has 0 heterocycles. The molecule has 0 saturated heterocycles. The van der Waals surface area contributed by atoms with Crippen LogP contribution in [0.2, 0.25) is 0 Å². The van der Waals surface area contributed by atoms with Crippen LogP contribution in [0.5, 0.6) is 0 Å². The van der Waals surface area contributed by atoms with E-state index >= 15 is 0 Å². The number of benzene rings is 2. The molecule has 0 atom stereocenters. The predicted molar refractivity (Wildman–Crippen MR) is 89.2 cm³/mol. The lowest BCUT2D eigenvalue weighted by Crippen LogP contribution is -2.09. The first kappa shape index (κ1) is 19.0. The van der Waals surface area contributed by atoms with E-state index in [4.69, 9.17) is 9.47 Å². The number of hydrogen-bond donors (Lipinski definition) is 0. The van der Waals surface area contributed by atoms with Crippen LogP contribution in [0.3, 0.4) is 0 Å². The molecule has 0 bridgehead atoms. The Bertz CT molecular complexity index is 819. The van der Waals surface area contributed by atoms with Crippen molar-refractivity contribution in [1.29, 1.82) is 0 Å². The van der Waals surface area contributed by atoms with Gasteiger partial charge in [0, 0.05) is 17.7 Å². The first-order valence-corrected chi connectivity index (χ1v) is 7.79. The minimum absolute atomic E-state index is 0.104. The Hall–Kier alpha value is -3.29. The molecular weight excluding hydrogens is 345 g/mol. The molecule has 0 saturated carbocycles. The van der Waals surface area contributed by atoms with E-state index in [0.717, 1.165) is 18.2 Å². The Labute approximate surface area is 148 Å². The molecule has 2 aromatic rings. The van der Waals surface area contributed by atoms with Crippen molar-refractivity contribution in [2.75, 3.05) is 6.61 Å². The Morgan fingerprint density at radius 1 is 1.04 bits per heavy atom. The first-order chi connectivity index (χ1) is 12.4. The second kappa shape index (κ2) is 8.70. The van der Waals surface area contributed by atoms with Crippen LogP contribution in [0.4, 0.5) is 10.1 Å². The molecular formula is C18H16FNO6. The zero-order valence-corrected chi connectivity index (χ0v) is 13.9. The van der Waals surface area contributed by atoms with Gasteiger partial charge in [0.25, 0.3) is 5.69 Å². The Balaban J connectivity index is 2.01. The molecule has 0 aliphatic carbocycles. The number of rotatable bonds is 7. The third-order valence-corrected chi connectivity index (χ3v) is 3.39. The highest BCUT2D eigenvalue weighted by Gasteiger charge is 2.14. The van der Waals surface area contributed by atoms with Crippen molar-refractivity contribution >= 4 is 17.6 Å². The number of esters is 2. The summed E-state index contributed by atoms with van der Waals surface area (Å²) in [6, 6.07) is 8.58. The van der Waals surface area contributed by atoms with E-state index in [1.807, 2.05) is 6.92 Å². The van der Waals surface area contributed by atoms with Crippen molar-refractivity contribution in [2.45, 2.75) is 20.0 Å². The van der Waals surface area contributed by atoms with Gasteiger partial charge in [-0.15, -0.1) is 0 Å². The van der Waals surface area contributed by atoms with Crippen LogP contribution in [-0.4, -0.2) is 23.5 Å². The topological polar surface area (TPSA) is 95.7 Å². The summed E-state index contributed by atoms with van der Waals surface area (Å²) in [5, 5.41) is 10.7. The number of halogens is 1.